The molecule has 0 radical (unpaired) electrons. The Morgan fingerprint density at radius 3 is 2.74 bits per heavy atom. The molecular formula is C13H22N3O2S+. The van der Waals surface area contributed by atoms with Crippen LogP contribution in [0.3, 0.4) is 0 Å². The smallest absolute Gasteiger partial charge is 0.170 e. The largest absolute Gasteiger partial charge is 0.504 e. The fourth-order valence-electron chi connectivity index (χ4n) is 1.59. The van der Waals surface area contributed by atoms with E-state index in [0.717, 1.165) is 25.2 Å². The van der Waals surface area contributed by atoms with Gasteiger partial charge in [-0.05, 0) is 24.4 Å². The predicted octanol–water partition coefficient (Wildman–Crippen LogP) is 0.222. The molecule has 0 saturated heterocycles. The molecule has 0 unspecified atom stereocenters. The normalized spacial score (nSPS) is 10.3. The van der Waals surface area contributed by atoms with Crippen molar-refractivity contribution in [3.8, 4) is 11.5 Å². The molecule has 0 atom stereocenters. The van der Waals surface area contributed by atoms with Crippen molar-refractivity contribution in [2.75, 3.05) is 39.6 Å². The molecule has 0 aromatic heterocycles. The number of phenolic OH excluding ortho intramolecular Hbond substituents is 1. The first kappa shape index (κ1) is 15.5. The van der Waals surface area contributed by atoms with Gasteiger partial charge in [0.15, 0.2) is 16.6 Å². The summed E-state index contributed by atoms with van der Waals surface area (Å²) in [6, 6.07) is 5.07. The zero-order valence-electron chi connectivity index (χ0n) is 11.6. The Labute approximate surface area is 119 Å². The van der Waals surface area contributed by atoms with Crippen LogP contribution >= 0.6 is 12.2 Å². The third-order valence-corrected chi connectivity index (χ3v) is 2.82. The minimum Gasteiger partial charge on any atom is -0.504 e. The molecule has 5 nitrogen and oxygen atoms in total. The van der Waals surface area contributed by atoms with E-state index in [1.165, 1.54) is 12.0 Å². The molecular weight excluding hydrogens is 262 g/mol. The lowest BCUT2D eigenvalue weighted by Gasteiger charge is -2.12. The standard InChI is InChI=1S/C13H21N3O2S/c1-16(2)8-4-7-14-13(19)15-10-5-6-12(18-3)11(17)9-10/h5-6,9,17H,4,7-8H2,1-3H3,(H2,14,15,19)/p+1. The summed E-state index contributed by atoms with van der Waals surface area (Å²) in [6.07, 6.45) is 1.05. The van der Waals surface area contributed by atoms with E-state index in [2.05, 4.69) is 24.7 Å². The molecule has 0 bridgehead atoms. The highest BCUT2D eigenvalue weighted by atomic mass is 32.1. The number of phenols is 1. The molecule has 0 spiro atoms. The van der Waals surface area contributed by atoms with E-state index in [-0.39, 0.29) is 5.75 Å². The lowest BCUT2D eigenvalue weighted by Crippen LogP contribution is -3.05. The van der Waals surface area contributed by atoms with Gasteiger partial charge in [0.25, 0.3) is 0 Å². The van der Waals surface area contributed by atoms with Gasteiger partial charge in [-0.2, -0.15) is 0 Å². The maximum atomic E-state index is 9.65. The SMILES string of the molecule is COc1ccc(NC(=S)NCCC[NH+](C)C)cc1O. The summed E-state index contributed by atoms with van der Waals surface area (Å²) >= 11 is 5.18. The van der Waals surface area contributed by atoms with Crippen molar-refractivity contribution < 1.29 is 14.7 Å². The van der Waals surface area contributed by atoms with Gasteiger partial charge >= 0.3 is 0 Å². The van der Waals surface area contributed by atoms with Gasteiger partial charge in [-0.3, -0.25) is 0 Å². The Morgan fingerprint density at radius 1 is 1.42 bits per heavy atom. The number of rotatable bonds is 6. The zero-order valence-corrected chi connectivity index (χ0v) is 12.4. The molecule has 19 heavy (non-hydrogen) atoms. The highest BCUT2D eigenvalue weighted by molar-refractivity contribution is 7.80. The fraction of sp³-hybridized carbons (Fsp3) is 0.462. The first-order valence-corrected chi connectivity index (χ1v) is 6.64. The highest BCUT2D eigenvalue weighted by Crippen LogP contribution is 2.28. The summed E-state index contributed by atoms with van der Waals surface area (Å²) in [5.74, 6) is 0.532. The second kappa shape index (κ2) is 7.81. The van der Waals surface area contributed by atoms with E-state index in [0.29, 0.717) is 10.9 Å². The average Bonchev–Trinajstić information content (AvgIpc) is 2.35. The van der Waals surface area contributed by atoms with Gasteiger partial charge in [-0.15, -0.1) is 0 Å². The van der Waals surface area contributed by atoms with E-state index in [1.54, 1.807) is 18.2 Å². The predicted molar refractivity (Wildman–Crippen MR) is 81.2 cm³/mol. The highest BCUT2D eigenvalue weighted by Gasteiger charge is 2.03. The van der Waals surface area contributed by atoms with Gasteiger partial charge in [0.1, 0.15) is 0 Å². The van der Waals surface area contributed by atoms with E-state index in [1.807, 2.05) is 0 Å². The number of benzene rings is 1. The number of hydrogen-bond donors (Lipinski definition) is 4. The van der Waals surface area contributed by atoms with Gasteiger partial charge in [0.05, 0.1) is 27.7 Å². The molecule has 106 valence electrons. The third-order valence-electron chi connectivity index (χ3n) is 2.58. The molecule has 0 aliphatic heterocycles. The van der Waals surface area contributed by atoms with E-state index in [9.17, 15) is 5.11 Å². The summed E-state index contributed by atoms with van der Waals surface area (Å²) in [5.41, 5.74) is 0.731. The van der Waals surface area contributed by atoms with Crippen LogP contribution in [0, 0.1) is 0 Å². The van der Waals surface area contributed by atoms with Crippen LogP contribution in [0.1, 0.15) is 6.42 Å². The molecule has 0 heterocycles. The number of anilines is 1. The topological polar surface area (TPSA) is 58.0 Å². The Bertz CT molecular complexity index is 424. The van der Waals surface area contributed by atoms with Gasteiger partial charge in [0.2, 0.25) is 0 Å². The van der Waals surface area contributed by atoms with Crippen molar-refractivity contribution >= 4 is 23.0 Å². The van der Waals surface area contributed by atoms with Crippen molar-refractivity contribution in [1.29, 1.82) is 0 Å². The number of methoxy groups -OCH3 is 1. The van der Waals surface area contributed by atoms with E-state index >= 15 is 0 Å². The summed E-state index contributed by atoms with van der Waals surface area (Å²) in [6.45, 7) is 1.93. The molecule has 6 heteroatoms. The van der Waals surface area contributed by atoms with Crippen LogP contribution in [0.4, 0.5) is 5.69 Å². The van der Waals surface area contributed by atoms with Crippen molar-refractivity contribution in [2.45, 2.75) is 6.42 Å². The first-order valence-electron chi connectivity index (χ1n) is 6.24. The second-order valence-corrected chi connectivity index (χ2v) is 4.99. The molecule has 0 aliphatic carbocycles. The van der Waals surface area contributed by atoms with E-state index in [4.69, 9.17) is 17.0 Å². The third kappa shape index (κ3) is 5.76. The van der Waals surface area contributed by atoms with Crippen LogP contribution in [0.2, 0.25) is 0 Å². The Kier molecular flexibility index (Phi) is 6.38. The van der Waals surface area contributed by atoms with Gasteiger partial charge in [-0.1, -0.05) is 0 Å². The fourth-order valence-corrected chi connectivity index (χ4v) is 1.81. The number of ether oxygens (including phenoxy) is 1. The van der Waals surface area contributed by atoms with Crippen LogP contribution in [0.25, 0.3) is 0 Å². The molecule has 1 aromatic carbocycles. The maximum Gasteiger partial charge on any atom is 0.170 e. The van der Waals surface area contributed by atoms with Crippen molar-refractivity contribution in [3.63, 3.8) is 0 Å². The van der Waals surface area contributed by atoms with Crippen LogP contribution in [-0.2, 0) is 0 Å². The number of hydrogen-bond acceptors (Lipinski definition) is 3. The lowest BCUT2D eigenvalue weighted by molar-refractivity contribution is -0.858. The number of aromatic hydroxyl groups is 1. The minimum atomic E-state index is 0.0894. The Balaban J connectivity index is 2.38. The summed E-state index contributed by atoms with van der Waals surface area (Å²) < 4.78 is 4.98. The number of quaternary nitrogens is 1. The molecule has 0 amide bonds. The van der Waals surface area contributed by atoms with Crippen LogP contribution in [0.5, 0.6) is 11.5 Å². The van der Waals surface area contributed by atoms with Crippen LogP contribution in [-0.4, -0.2) is 44.5 Å². The molecule has 0 fully saturated rings. The molecule has 1 aromatic rings. The number of nitrogens with one attached hydrogen (secondary N) is 3. The monoisotopic (exact) mass is 284 g/mol. The molecule has 1 rings (SSSR count). The van der Waals surface area contributed by atoms with Gasteiger partial charge in [-0.25, -0.2) is 0 Å². The van der Waals surface area contributed by atoms with Crippen molar-refractivity contribution in [1.82, 2.24) is 5.32 Å². The lowest BCUT2D eigenvalue weighted by atomic mass is 10.3. The molecule has 4 N–H and O–H groups in total. The van der Waals surface area contributed by atoms with Crippen molar-refractivity contribution in [2.24, 2.45) is 0 Å². The minimum absolute atomic E-state index is 0.0894. The molecule has 0 saturated carbocycles. The van der Waals surface area contributed by atoms with E-state index < -0.39 is 0 Å². The second-order valence-electron chi connectivity index (χ2n) is 4.58. The quantitative estimate of drug-likeness (QED) is 0.445. The average molecular weight is 284 g/mol. The maximum absolute atomic E-state index is 9.65. The Hall–Kier alpha value is -1.53. The van der Waals surface area contributed by atoms with Crippen molar-refractivity contribution in [3.05, 3.63) is 18.2 Å². The summed E-state index contributed by atoms with van der Waals surface area (Å²) in [5, 5.41) is 16.4. The van der Waals surface area contributed by atoms with Crippen LogP contribution in [0.15, 0.2) is 18.2 Å². The van der Waals surface area contributed by atoms with Gasteiger partial charge in [0, 0.05) is 24.7 Å². The summed E-state index contributed by atoms with van der Waals surface area (Å²) in [7, 11) is 5.76. The zero-order chi connectivity index (χ0) is 14.3. The van der Waals surface area contributed by atoms with Gasteiger partial charge < -0.3 is 25.4 Å². The number of thiocarbonyl (C=S) groups is 1. The Morgan fingerprint density at radius 2 is 2.16 bits per heavy atom. The molecule has 0 aliphatic rings. The van der Waals surface area contributed by atoms with Crippen LogP contribution < -0.4 is 20.3 Å². The first-order chi connectivity index (χ1) is 9.02. The summed E-state index contributed by atoms with van der Waals surface area (Å²) in [4.78, 5) is 1.42.